The van der Waals surface area contributed by atoms with Gasteiger partial charge in [-0.2, -0.15) is 5.10 Å². The summed E-state index contributed by atoms with van der Waals surface area (Å²) >= 11 is 11.9. The molecule has 1 heterocycles. The number of carbonyl (C=O) groups is 2. The smallest absolute Gasteiger partial charge is 0.329 e. The van der Waals surface area contributed by atoms with Gasteiger partial charge in [0.2, 0.25) is 0 Å². The molecular formula is C14H15Cl2N3O3. The quantitative estimate of drug-likeness (QED) is 0.496. The Kier molecular flexibility index (Phi) is 6.18. The summed E-state index contributed by atoms with van der Waals surface area (Å²) in [5, 5.41) is 6.97. The van der Waals surface area contributed by atoms with Crippen LogP contribution >= 0.6 is 23.2 Å². The molecule has 0 unspecified atom stereocenters. The highest BCUT2D eigenvalue weighted by molar-refractivity contribution is 6.38. The van der Waals surface area contributed by atoms with Crippen molar-refractivity contribution in [1.29, 1.82) is 0 Å². The zero-order valence-corrected chi connectivity index (χ0v) is 13.2. The average molecular weight is 344 g/mol. The van der Waals surface area contributed by atoms with E-state index in [0.29, 0.717) is 28.8 Å². The first-order valence-electron chi connectivity index (χ1n) is 6.75. The summed E-state index contributed by atoms with van der Waals surface area (Å²) in [5.74, 6) is -1.63. The van der Waals surface area contributed by atoms with E-state index in [1.54, 1.807) is 18.2 Å². The minimum absolute atomic E-state index is 0.0258. The summed E-state index contributed by atoms with van der Waals surface area (Å²) in [4.78, 5) is 23.1. The second-order valence-corrected chi connectivity index (χ2v) is 5.49. The van der Waals surface area contributed by atoms with Crippen molar-refractivity contribution in [3.63, 3.8) is 0 Å². The number of halogens is 2. The van der Waals surface area contributed by atoms with Gasteiger partial charge in [0.05, 0.1) is 22.4 Å². The number of amides is 2. The lowest BCUT2D eigenvalue weighted by Gasteiger charge is -2.09. The SMILES string of the molecule is O=C(NC[C@H]1CCCO1)C(=O)N/N=C\c1c(Cl)cccc1Cl. The molecule has 1 aliphatic rings. The Hall–Kier alpha value is -1.63. The fourth-order valence-corrected chi connectivity index (χ4v) is 2.43. The molecule has 118 valence electrons. The number of hydrazone groups is 1. The average Bonchev–Trinajstić information content (AvgIpc) is 3.01. The minimum Gasteiger partial charge on any atom is -0.376 e. The van der Waals surface area contributed by atoms with E-state index < -0.39 is 11.8 Å². The van der Waals surface area contributed by atoms with Crippen molar-refractivity contribution in [1.82, 2.24) is 10.7 Å². The lowest BCUT2D eigenvalue weighted by atomic mass is 10.2. The van der Waals surface area contributed by atoms with Crippen LogP contribution in [0.4, 0.5) is 0 Å². The van der Waals surface area contributed by atoms with Crippen LogP contribution in [0.25, 0.3) is 0 Å². The van der Waals surface area contributed by atoms with Gasteiger partial charge in [0.25, 0.3) is 0 Å². The number of hydrogen-bond acceptors (Lipinski definition) is 4. The van der Waals surface area contributed by atoms with Crippen molar-refractivity contribution in [3.8, 4) is 0 Å². The Labute approximate surface area is 137 Å². The highest BCUT2D eigenvalue weighted by atomic mass is 35.5. The first-order valence-corrected chi connectivity index (χ1v) is 7.50. The van der Waals surface area contributed by atoms with E-state index in [4.69, 9.17) is 27.9 Å². The first-order chi connectivity index (χ1) is 10.6. The Bertz CT molecular complexity index is 566. The number of hydrogen-bond donors (Lipinski definition) is 2. The Morgan fingerprint density at radius 1 is 1.32 bits per heavy atom. The summed E-state index contributed by atoms with van der Waals surface area (Å²) < 4.78 is 5.34. The van der Waals surface area contributed by atoms with E-state index in [-0.39, 0.29) is 6.10 Å². The van der Waals surface area contributed by atoms with Crippen LogP contribution in [0.15, 0.2) is 23.3 Å². The molecule has 1 atom stereocenters. The summed E-state index contributed by atoms with van der Waals surface area (Å²) in [6.07, 6.45) is 3.11. The first kappa shape index (κ1) is 16.7. The molecule has 1 aromatic carbocycles. The van der Waals surface area contributed by atoms with Gasteiger partial charge < -0.3 is 10.1 Å². The molecule has 2 amide bonds. The highest BCUT2D eigenvalue weighted by Crippen LogP contribution is 2.21. The molecular weight excluding hydrogens is 329 g/mol. The second-order valence-electron chi connectivity index (χ2n) is 4.68. The molecule has 1 aromatic rings. The summed E-state index contributed by atoms with van der Waals surface area (Å²) in [5.41, 5.74) is 2.58. The predicted molar refractivity (Wildman–Crippen MR) is 84.2 cm³/mol. The molecule has 1 fully saturated rings. The molecule has 6 nitrogen and oxygen atoms in total. The van der Waals surface area contributed by atoms with Crippen LogP contribution in [-0.4, -0.2) is 37.3 Å². The molecule has 1 aliphatic heterocycles. The zero-order chi connectivity index (χ0) is 15.9. The highest BCUT2D eigenvalue weighted by Gasteiger charge is 2.18. The summed E-state index contributed by atoms with van der Waals surface area (Å²) in [6, 6.07) is 4.98. The van der Waals surface area contributed by atoms with Gasteiger partial charge in [0.15, 0.2) is 0 Å². The Morgan fingerprint density at radius 2 is 2.05 bits per heavy atom. The zero-order valence-electron chi connectivity index (χ0n) is 11.6. The molecule has 0 radical (unpaired) electrons. The van der Waals surface area contributed by atoms with Crippen molar-refractivity contribution < 1.29 is 14.3 Å². The van der Waals surface area contributed by atoms with E-state index in [9.17, 15) is 9.59 Å². The fraction of sp³-hybridized carbons (Fsp3) is 0.357. The number of ether oxygens (including phenoxy) is 1. The molecule has 0 aromatic heterocycles. The third-order valence-electron chi connectivity index (χ3n) is 3.08. The van der Waals surface area contributed by atoms with Gasteiger partial charge in [0, 0.05) is 18.7 Å². The molecule has 1 saturated heterocycles. The maximum absolute atomic E-state index is 11.6. The van der Waals surface area contributed by atoms with Crippen LogP contribution in [0.5, 0.6) is 0 Å². The standard InChI is InChI=1S/C14H15Cl2N3O3/c15-11-4-1-5-12(16)10(11)8-18-19-14(21)13(20)17-7-9-3-2-6-22-9/h1,4-5,8-9H,2-3,6-7H2,(H,17,20)(H,19,21)/b18-8-/t9-/m1/s1. The number of rotatable bonds is 4. The summed E-state index contributed by atoms with van der Waals surface area (Å²) in [7, 11) is 0. The van der Waals surface area contributed by atoms with Crippen LogP contribution < -0.4 is 10.7 Å². The minimum atomic E-state index is -0.863. The van der Waals surface area contributed by atoms with Crippen molar-refractivity contribution in [3.05, 3.63) is 33.8 Å². The largest absolute Gasteiger partial charge is 0.376 e. The molecule has 2 rings (SSSR count). The van der Waals surface area contributed by atoms with Crippen molar-refractivity contribution in [2.45, 2.75) is 18.9 Å². The molecule has 22 heavy (non-hydrogen) atoms. The summed E-state index contributed by atoms with van der Waals surface area (Å²) in [6.45, 7) is 1.00. The molecule has 0 bridgehead atoms. The van der Waals surface area contributed by atoms with Crippen molar-refractivity contribution in [2.24, 2.45) is 5.10 Å². The van der Waals surface area contributed by atoms with Crippen molar-refractivity contribution >= 4 is 41.2 Å². The molecule has 0 spiro atoms. The lowest BCUT2D eigenvalue weighted by molar-refractivity contribution is -0.139. The molecule has 0 aliphatic carbocycles. The monoisotopic (exact) mass is 343 g/mol. The normalized spacial score (nSPS) is 17.6. The van der Waals surface area contributed by atoms with Gasteiger partial charge in [-0.25, -0.2) is 5.43 Å². The van der Waals surface area contributed by atoms with E-state index in [0.717, 1.165) is 12.8 Å². The molecule has 0 saturated carbocycles. The van der Waals surface area contributed by atoms with E-state index in [2.05, 4.69) is 15.8 Å². The lowest BCUT2D eigenvalue weighted by Crippen LogP contribution is -2.41. The number of nitrogens with one attached hydrogen (secondary N) is 2. The van der Waals surface area contributed by atoms with Crippen LogP contribution in [0.2, 0.25) is 10.0 Å². The second kappa shape index (κ2) is 8.12. The maximum atomic E-state index is 11.6. The maximum Gasteiger partial charge on any atom is 0.329 e. The Balaban J connectivity index is 1.81. The Morgan fingerprint density at radius 3 is 2.68 bits per heavy atom. The van der Waals surface area contributed by atoms with Gasteiger partial charge in [-0.15, -0.1) is 0 Å². The van der Waals surface area contributed by atoms with E-state index in [1.807, 2.05) is 0 Å². The van der Waals surface area contributed by atoms with Crippen LogP contribution in [-0.2, 0) is 14.3 Å². The van der Waals surface area contributed by atoms with Crippen LogP contribution in [0.3, 0.4) is 0 Å². The van der Waals surface area contributed by atoms with Crippen LogP contribution in [0.1, 0.15) is 18.4 Å². The fourth-order valence-electron chi connectivity index (χ4n) is 1.93. The van der Waals surface area contributed by atoms with Gasteiger partial charge >= 0.3 is 11.8 Å². The predicted octanol–water partition coefficient (Wildman–Crippen LogP) is 1.74. The number of nitrogens with zero attached hydrogens (tertiary/aromatic N) is 1. The third kappa shape index (κ3) is 4.69. The van der Waals surface area contributed by atoms with Crippen LogP contribution in [0, 0.1) is 0 Å². The van der Waals surface area contributed by atoms with Gasteiger partial charge in [-0.1, -0.05) is 29.3 Å². The van der Waals surface area contributed by atoms with E-state index >= 15 is 0 Å². The van der Waals surface area contributed by atoms with Crippen molar-refractivity contribution in [2.75, 3.05) is 13.2 Å². The third-order valence-corrected chi connectivity index (χ3v) is 3.74. The number of carbonyl (C=O) groups excluding carboxylic acids is 2. The van der Waals surface area contributed by atoms with Gasteiger partial charge in [0.1, 0.15) is 0 Å². The molecule has 8 heteroatoms. The van der Waals surface area contributed by atoms with E-state index in [1.165, 1.54) is 6.21 Å². The van der Waals surface area contributed by atoms with Gasteiger partial charge in [-0.05, 0) is 25.0 Å². The van der Waals surface area contributed by atoms with Gasteiger partial charge in [-0.3, -0.25) is 9.59 Å². The molecule has 2 N–H and O–H groups in total. The topological polar surface area (TPSA) is 79.8 Å². The number of benzene rings is 1.